The summed E-state index contributed by atoms with van der Waals surface area (Å²) in [6.07, 6.45) is 3.61. The number of rotatable bonds is 3. The third-order valence-corrected chi connectivity index (χ3v) is 2.20. The molecule has 0 aliphatic carbocycles. The molecule has 1 aliphatic heterocycles. The molecular formula is C8H12N4O. The summed E-state index contributed by atoms with van der Waals surface area (Å²) in [5.74, 6) is 0.0483. The summed E-state index contributed by atoms with van der Waals surface area (Å²) < 4.78 is 1.80. The molecule has 2 heterocycles. The van der Waals surface area contributed by atoms with E-state index in [4.69, 9.17) is 5.73 Å². The Labute approximate surface area is 76.1 Å². The Morgan fingerprint density at radius 3 is 3.00 bits per heavy atom. The van der Waals surface area contributed by atoms with E-state index in [9.17, 15) is 4.79 Å². The fraction of sp³-hybridized carbons (Fsp3) is 0.500. The van der Waals surface area contributed by atoms with Crippen LogP contribution in [0.25, 0.3) is 0 Å². The van der Waals surface area contributed by atoms with Crippen molar-refractivity contribution in [2.45, 2.75) is 12.6 Å². The minimum Gasteiger partial charge on any atom is -0.337 e. The zero-order valence-electron chi connectivity index (χ0n) is 7.26. The highest BCUT2D eigenvalue weighted by atomic mass is 16.2. The number of amides is 1. The SMILES string of the molecule is NC1CN(CCn2cccn2)C1=O. The number of aromatic nitrogens is 2. The van der Waals surface area contributed by atoms with E-state index in [2.05, 4.69) is 5.10 Å². The van der Waals surface area contributed by atoms with Crippen molar-refractivity contribution >= 4 is 5.91 Å². The number of nitrogens with two attached hydrogens (primary N) is 1. The predicted molar refractivity (Wildman–Crippen MR) is 46.8 cm³/mol. The number of carbonyl (C=O) groups is 1. The van der Waals surface area contributed by atoms with Crippen LogP contribution >= 0.6 is 0 Å². The number of hydrogen-bond donors (Lipinski definition) is 1. The number of carbonyl (C=O) groups excluding carboxylic acids is 1. The summed E-state index contributed by atoms with van der Waals surface area (Å²) in [6.45, 7) is 2.12. The van der Waals surface area contributed by atoms with Crippen LogP contribution in [0.5, 0.6) is 0 Å². The normalized spacial score (nSPS) is 21.8. The largest absolute Gasteiger partial charge is 0.337 e. The minimum absolute atomic E-state index is 0.0483. The lowest BCUT2D eigenvalue weighted by atomic mass is 10.1. The van der Waals surface area contributed by atoms with E-state index in [0.29, 0.717) is 13.1 Å². The van der Waals surface area contributed by atoms with Gasteiger partial charge in [-0.3, -0.25) is 9.48 Å². The summed E-state index contributed by atoms with van der Waals surface area (Å²) >= 11 is 0. The van der Waals surface area contributed by atoms with Crippen LogP contribution in [0.1, 0.15) is 0 Å². The summed E-state index contributed by atoms with van der Waals surface area (Å²) in [4.78, 5) is 12.8. The topological polar surface area (TPSA) is 64.2 Å². The molecule has 2 N–H and O–H groups in total. The second-order valence-corrected chi connectivity index (χ2v) is 3.16. The van der Waals surface area contributed by atoms with Crippen LogP contribution in [0, 0.1) is 0 Å². The van der Waals surface area contributed by atoms with Crippen LogP contribution in [0.2, 0.25) is 0 Å². The molecule has 1 atom stereocenters. The average molecular weight is 180 g/mol. The highest BCUT2D eigenvalue weighted by Crippen LogP contribution is 2.06. The maximum absolute atomic E-state index is 11.1. The van der Waals surface area contributed by atoms with Crippen LogP contribution in [0.15, 0.2) is 18.5 Å². The molecule has 2 rings (SSSR count). The molecule has 0 bridgehead atoms. The predicted octanol–water partition coefficient (Wildman–Crippen LogP) is -0.947. The number of hydrogen-bond acceptors (Lipinski definition) is 3. The summed E-state index contributed by atoms with van der Waals surface area (Å²) in [7, 11) is 0. The van der Waals surface area contributed by atoms with Crippen LogP contribution in [0.4, 0.5) is 0 Å². The summed E-state index contributed by atoms with van der Waals surface area (Å²) in [6, 6.07) is 1.60. The maximum atomic E-state index is 11.1. The van der Waals surface area contributed by atoms with Crippen molar-refractivity contribution in [3.63, 3.8) is 0 Å². The van der Waals surface area contributed by atoms with E-state index in [1.165, 1.54) is 0 Å². The molecule has 0 aromatic carbocycles. The zero-order valence-corrected chi connectivity index (χ0v) is 7.26. The van der Waals surface area contributed by atoms with Crippen LogP contribution in [-0.2, 0) is 11.3 Å². The summed E-state index contributed by atoms with van der Waals surface area (Å²) in [5.41, 5.74) is 5.45. The van der Waals surface area contributed by atoms with Crippen molar-refractivity contribution in [3.8, 4) is 0 Å². The third-order valence-electron chi connectivity index (χ3n) is 2.20. The van der Waals surface area contributed by atoms with Gasteiger partial charge in [-0.15, -0.1) is 0 Å². The van der Waals surface area contributed by atoms with Crippen molar-refractivity contribution in [1.29, 1.82) is 0 Å². The van der Waals surface area contributed by atoms with Gasteiger partial charge >= 0.3 is 0 Å². The highest BCUT2D eigenvalue weighted by molar-refractivity contribution is 5.87. The number of nitrogens with zero attached hydrogens (tertiary/aromatic N) is 3. The van der Waals surface area contributed by atoms with Crippen LogP contribution in [0.3, 0.4) is 0 Å². The molecule has 1 amide bonds. The zero-order chi connectivity index (χ0) is 9.26. The van der Waals surface area contributed by atoms with Gasteiger partial charge in [0.15, 0.2) is 0 Å². The fourth-order valence-electron chi connectivity index (χ4n) is 1.38. The van der Waals surface area contributed by atoms with Crippen molar-refractivity contribution < 1.29 is 4.79 Å². The lowest BCUT2D eigenvalue weighted by Gasteiger charge is -2.35. The fourth-order valence-corrected chi connectivity index (χ4v) is 1.38. The molecule has 5 heteroatoms. The number of β-lactam (4-membered cyclic amide) rings is 1. The Balaban J connectivity index is 1.78. The van der Waals surface area contributed by atoms with Crippen LogP contribution < -0.4 is 5.73 Å². The van der Waals surface area contributed by atoms with Gasteiger partial charge in [-0.2, -0.15) is 5.10 Å². The van der Waals surface area contributed by atoms with Gasteiger partial charge in [-0.25, -0.2) is 0 Å². The van der Waals surface area contributed by atoms with Gasteiger partial charge in [0.1, 0.15) is 6.04 Å². The molecule has 0 saturated carbocycles. The monoisotopic (exact) mass is 180 g/mol. The van der Waals surface area contributed by atoms with E-state index in [1.807, 2.05) is 12.3 Å². The first-order valence-electron chi connectivity index (χ1n) is 4.29. The van der Waals surface area contributed by atoms with Crippen molar-refractivity contribution in [2.75, 3.05) is 13.1 Å². The Bertz CT molecular complexity index is 295. The molecular weight excluding hydrogens is 168 g/mol. The molecule has 1 fully saturated rings. The van der Waals surface area contributed by atoms with Gasteiger partial charge < -0.3 is 10.6 Å². The molecule has 1 aliphatic rings. The Morgan fingerprint density at radius 2 is 2.46 bits per heavy atom. The molecule has 70 valence electrons. The summed E-state index contributed by atoms with van der Waals surface area (Å²) in [5, 5.41) is 4.04. The quantitative estimate of drug-likeness (QED) is 0.610. The van der Waals surface area contributed by atoms with Gasteiger partial charge in [0.05, 0.1) is 6.54 Å². The molecule has 0 spiro atoms. The first-order chi connectivity index (χ1) is 6.27. The molecule has 1 aromatic rings. The second kappa shape index (κ2) is 3.18. The van der Waals surface area contributed by atoms with Crippen molar-refractivity contribution in [1.82, 2.24) is 14.7 Å². The van der Waals surface area contributed by atoms with E-state index in [-0.39, 0.29) is 11.9 Å². The lowest BCUT2D eigenvalue weighted by molar-refractivity contribution is -0.142. The van der Waals surface area contributed by atoms with E-state index in [0.717, 1.165) is 6.54 Å². The molecule has 1 saturated heterocycles. The van der Waals surface area contributed by atoms with E-state index < -0.39 is 0 Å². The maximum Gasteiger partial charge on any atom is 0.241 e. The van der Waals surface area contributed by atoms with E-state index in [1.54, 1.807) is 15.8 Å². The van der Waals surface area contributed by atoms with Crippen molar-refractivity contribution in [2.24, 2.45) is 5.73 Å². The average Bonchev–Trinajstić information content (AvgIpc) is 2.64. The Kier molecular flexibility index (Phi) is 2.02. The molecule has 1 unspecified atom stereocenters. The Morgan fingerprint density at radius 1 is 1.62 bits per heavy atom. The van der Waals surface area contributed by atoms with E-state index >= 15 is 0 Å². The minimum atomic E-state index is -0.266. The molecule has 5 nitrogen and oxygen atoms in total. The lowest BCUT2D eigenvalue weighted by Crippen LogP contribution is -2.61. The van der Waals surface area contributed by atoms with Gasteiger partial charge in [-0.1, -0.05) is 0 Å². The molecule has 0 radical (unpaired) electrons. The van der Waals surface area contributed by atoms with Gasteiger partial charge in [0.2, 0.25) is 5.91 Å². The number of likely N-dealkylation sites (tertiary alicyclic amines) is 1. The van der Waals surface area contributed by atoms with Gasteiger partial charge in [0, 0.05) is 25.5 Å². The standard InChI is InChI=1S/C8H12N4O/c9-7-6-11(8(7)13)4-5-12-3-1-2-10-12/h1-3,7H,4-6,9H2. The Hall–Kier alpha value is -1.36. The van der Waals surface area contributed by atoms with Crippen molar-refractivity contribution in [3.05, 3.63) is 18.5 Å². The molecule has 1 aromatic heterocycles. The first-order valence-corrected chi connectivity index (χ1v) is 4.29. The second-order valence-electron chi connectivity index (χ2n) is 3.16. The van der Waals surface area contributed by atoms with Gasteiger partial charge in [-0.05, 0) is 6.07 Å². The highest BCUT2D eigenvalue weighted by Gasteiger charge is 2.32. The van der Waals surface area contributed by atoms with Gasteiger partial charge in [0.25, 0.3) is 0 Å². The third kappa shape index (κ3) is 1.55. The molecule has 13 heavy (non-hydrogen) atoms. The smallest absolute Gasteiger partial charge is 0.241 e. The van der Waals surface area contributed by atoms with Crippen LogP contribution in [-0.4, -0.2) is 39.7 Å². The first kappa shape index (κ1) is 8.25.